The number of hydrogen-bond donors (Lipinski definition) is 1. The van der Waals surface area contributed by atoms with Crippen molar-refractivity contribution in [3.8, 4) is 11.5 Å². The molecule has 1 aliphatic rings. The molecule has 3 heteroatoms. The molecule has 0 radical (unpaired) electrons. The second-order valence-corrected chi connectivity index (χ2v) is 6.59. The van der Waals surface area contributed by atoms with E-state index in [1.165, 1.54) is 24.8 Å². The molecule has 1 aliphatic carbocycles. The van der Waals surface area contributed by atoms with E-state index in [0.29, 0.717) is 5.92 Å². The van der Waals surface area contributed by atoms with E-state index >= 15 is 0 Å². The predicted octanol–water partition coefficient (Wildman–Crippen LogP) is 3.65. The Morgan fingerprint density at radius 1 is 1.10 bits per heavy atom. The van der Waals surface area contributed by atoms with Crippen LogP contribution < -0.4 is 15.2 Å². The summed E-state index contributed by atoms with van der Waals surface area (Å²) in [7, 11) is 3.33. The van der Waals surface area contributed by atoms with Crippen LogP contribution in [-0.2, 0) is 6.42 Å². The van der Waals surface area contributed by atoms with Crippen LogP contribution >= 0.6 is 0 Å². The summed E-state index contributed by atoms with van der Waals surface area (Å²) >= 11 is 0. The Labute approximate surface area is 128 Å². The topological polar surface area (TPSA) is 44.5 Å². The zero-order chi connectivity index (χ0) is 15.4. The maximum atomic E-state index is 6.48. The van der Waals surface area contributed by atoms with Gasteiger partial charge in [-0.2, -0.15) is 0 Å². The highest BCUT2D eigenvalue weighted by atomic mass is 16.5. The van der Waals surface area contributed by atoms with Crippen molar-refractivity contribution in [1.29, 1.82) is 0 Å². The standard InChI is InChI=1S/C18H29NO2/c1-12-5-7-15(9-13(12)2)16(19)10-14-6-8-17(20-3)18(11-14)21-4/h6,8,11-13,15-16H,5,7,9-10,19H2,1-4H3. The number of ether oxygens (including phenoxy) is 2. The third-order valence-corrected chi connectivity index (χ3v) is 5.16. The smallest absolute Gasteiger partial charge is 0.160 e. The van der Waals surface area contributed by atoms with E-state index in [1.807, 2.05) is 12.1 Å². The number of hydrogen-bond acceptors (Lipinski definition) is 3. The Kier molecular flexibility index (Phi) is 5.51. The predicted molar refractivity (Wildman–Crippen MR) is 86.9 cm³/mol. The average molecular weight is 291 g/mol. The second kappa shape index (κ2) is 7.17. The van der Waals surface area contributed by atoms with E-state index in [9.17, 15) is 0 Å². The first-order valence-electron chi connectivity index (χ1n) is 8.01. The molecular formula is C18H29NO2. The quantitative estimate of drug-likeness (QED) is 0.900. The number of nitrogens with two attached hydrogens (primary N) is 1. The van der Waals surface area contributed by atoms with Gasteiger partial charge in [-0.05, 0) is 54.7 Å². The number of methoxy groups -OCH3 is 2. The summed E-state index contributed by atoms with van der Waals surface area (Å²) in [6.07, 6.45) is 4.74. The van der Waals surface area contributed by atoms with Crippen LogP contribution in [0, 0.1) is 17.8 Å². The van der Waals surface area contributed by atoms with Gasteiger partial charge in [0.25, 0.3) is 0 Å². The maximum absolute atomic E-state index is 6.48. The lowest BCUT2D eigenvalue weighted by atomic mass is 9.72. The van der Waals surface area contributed by atoms with E-state index < -0.39 is 0 Å². The molecule has 0 bridgehead atoms. The molecule has 118 valence electrons. The van der Waals surface area contributed by atoms with Crippen LogP contribution in [0.2, 0.25) is 0 Å². The van der Waals surface area contributed by atoms with Gasteiger partial charge in [-0.3, -0.25) is 0 Å². The molecule has 1 aromatic carbocycles. The molecule has 0 spiro atoms. The van der Waals surface area contributed by atoms with Gasteiger partial charge < -0.3 is 15.2 Å². The molecule has 21 heavy (non-hydrogen) atoms. The first-order valence-corrected chi connectivity index (χ1v) is 8.01. The Bertz CT molecular complexity index is 461. The van der Waals surface area contributed by atoms with E-state index in [0.717, 1.165) is 29.8 Å². The molecule has 0 amide bonds. The fourth-order valence-corrected chi connectivity index (χ4v) is 3.42. The lowest BCUT2D eigenvalue weighted by molar-refractivity contribution is 0.185. The molecule has 4 unspecified atom stereocenters. The first-order chi connectivity index (χ1) is 10.0. The normalized spacial score (nSPS) is 27.2. The first kappa shape index (κ1) is 16.2. The molecule has 2 rings (SSSR count). The van der Waals surface area contributed by atoms with Crippen molar-refractivity contribution >= 4 is 0 Å². The third-order valence-electron chi connectivity index (χ3n) is 5.16. The van der Waals surface area contributed by atoms with Crippen molar-refractivity contribution in [2.45, 2.75) is 45.6 Å². The second-order valence-electron chi connectivity index (χ2n) is 6.59. The van der Waals surface area contributed by atoms with Crippen LogP contribution in [-0.4, -0.2) is 20.3 Å². The van der Waals surface area contributed by atoms with Crippen molar-refractivity contribution in [3.63, 3.8) is 0 Å². The molecule has 4 atom stereocenters. The molecule has 0 aromatic heterocycles. The van der Waals surface area contributed by atoms with Gasteiger partial charge in [0.2, 0.25) is 0 Å². The minimum absolute atomic E-state index is 0.234. The Morgan fingerprint density at radius 2 is 1.81 bits per heavy atom. The van der Waals surface area contributed by atoms with Gasteiger partial charge in [0.15, 0.2) is 11.5 Å². The summed E-state index contributed by atoms with van der Waals surface area (Å²) in [6.45, 7) is 4.72. The molecule has 1 fully saturated rings. The maximum Gasteiger partial charge on any atom is 0.160 e. The van der Waals surface area contributed by atoms with Gasteiger partial charge in [0.1, 0.15) is 0 Å². The number of benzene rings is 1. The summed E-state index contributed by atoms with van der Waals surface area (Å²) in [6, 6.07) is 6.34. The van der Waals surface area contributed by atoms with Crippen LogP contribution in [0.15, 0.2) is 18.2 Å². The van der Waals surface area contributed by atoms with E-state index in [-0.39, 0.29) is 6.04 Å². The molecule has 0 heterocycles. The van der Waals surface area contributed by atoms with Gasteiger partial charge in [-0.1, -0.05) is 26.3 Å². The molecule has 1 saturated carbocycles. The van der Waals surface area contributed by atoms with Crippen molar-refractivity contribution in [3.05, 3.63) is 23.8 Å². The fourth-order valence-electron chi connectivity index (χ4n) is 3.42. The van der Waals surface area contributed by atoms with Crippen molar-refractivity contribution < 1.29 is 9.47 Å². The molecule has 0 saturated heterocycles. The van der Waals surface area contributed by atoms with Crippen LogP contribution in [0.1, 0.15) is 38.7 Å². The fraction of sp³-hybridized carbons (Fsp3) is 0.667. The van der Waals surface area contributed by atoms with Crippen LogP contribution in [0.25, 0.3) is 0 Å². The van der Waals surface area contributed by atoms with Gasteiger partial charge >= 0.3 is 0 Å². The van der Waals surface area contributed by atoms with Gasteiger partial charge in [0, 0.05) is 6.04 Å². The van der Waals surface area contributed by atoms with Gasteiger partial charge in [-0.25, -0.2) is 0 Å². The zero-order valence-corrected chi connectivity index (χ0v) is 13.8. The Balaban J connectivity index is 2.01. The summed E-state index contributed by atoms with van der Waals surface area (Å²) < 4.78 is 10.7. The van der Waals surface area contributed by atoms with Crippen molar-refractivity contribution in [1.82, 2.24) is 0 Å². The van der Waals surface area contributed by atoms with Crippen molar-refractivity contribution in [2.75, 3.05) is 14.2 Å². The van der Waals surface area contributed by atoms with E-state index in [4.69, 9.17) is 15.2 Å². The van der Waals surface area contributed by atoms with Crippen LogP contribution in [0.3, 0.4) is 0 Å². The summed E-state index contributed by atoms with van der Waals surface area (Å²) in [5, 5.41) is 0. The summed E-state index contributed by atoms with van der Waals surface area (Å²) in [5.74, 6) is 3.83. The van der Waals surface area contributed by atoms with E-state index in [1.54, 1.807) is 14.2 Å². The highest BCUT2D eigenvalue weighted by molar-refractivity contribution is 5.43. The van der Waals surface area contributed by atoms with Crippen molar-refractivity contribution in [2.24, 2.45) is 23.5 Å². The summed E-state index contributed by atoms with van der Waals surface area (Å²) in [5.41, 5.74) is 7.71. The molecule has 1 aromatic rings. The Hall–Kier alpha value is -1.22. The minimum Gasteiger partial charge on any atom is -0.493 e. The lowest BCUT2D eigenvalue weighted by Crippen LogP contribution is -2.37. The zero-order valence-electron chi connectivity index (χ0n) is 13.8. The highest BCUT2D eigenvalue weighted by Crippen LogP contribution is 2.35. The largest absolute Gasteiger partial charge is 0.493 e. The van der Waals surface area contributed by atoms with E-state index in [2.05, 4.69) is 19.9 Å². The molecule has 3 nitrogen and oxygen atoms in total. The minimum atomic E-state index is 0.234. The molecular weight excluding hydrogens is 262 g/mol. The van der Waals surface area contributed by atoms with Crippen LogP contribution in [0.5, 0.6) is 11.5 Å². The van der Waals surface area contributed by atoms with Crippen LogP contribution in [0.4, 0.5) is 0 Å². The van der Waals surface area contributed by atoms with Gasteiger partial charge in [0.05, 0.1) is 14.2 Å². The Morgan fingerprint density at radius 3 is 2.43 bits per heavy atom. The SMILES string of the molecule is COc1ccc(CC(N)C2CCC(C)C(C)C2)cc1OC. The average Bonchev–Trinajstić information content (AvgIpc) is 2.49. The highest BCUT2D eigenvalue weighted by Gasteiger charge is 2.28. The summed E-state index contributed by atoms with van der Waals surface area (Å²) in [4.78, 5) is 0. The molecule has 2 N–H and O–H groups in total. The number of rotatable bonds is 5. The monoisotopic (exact) mass is 291 g/mol. The lowest BCUT2D eigenvalue weighted by Gasteiger charge is -2.35. The third kappa shape index (κ3) is 3.91. The molecule has 0 aliphatic heterocycles. The van der Waals surface area contributed by atoms with Gasteiger partial charge in [-0.15, -0.1) is 0 Å².